The summed E-state index contributed by atoms with van der Waals surface area (Å²) in [5, 5.41) is 19.6. The van der Waals surface area contributed by atoms with Gasteiger partial charge in [-0.2, -0.15) is 0 Å². The van der Waals surface area contributed by atoms with Crippen LogP contribution in [0.15, 0.2) is 29.4 Å². The first-order valence-corrected chi connectivity index (χ1v) is 9.54. The van der Waals surface area contributed by atoms with Crippen LogP contribution in [-0.2, 0) is 6.54 Å². The van der Waals surface area contributed by atoms with Gasteiger partial charge < -0.3 is 14.4 Å². The number of nitrogens with zero attached hydrogens (tertiary/aromatic N) is 3. The van der Waals surface area contributed by atoms with Gasteiger partial charge in [0, 0.05) is 23.8 Å². The first kappa shape index (κ1) is 17.9. The Hall–Kier alpha value is -1.86. The molecule has 1 aliphatic rings. The summed E-state index contributed by atoms with van der Waals surface area (Å²) in [6.45, 7) is 4.66. The third-order valence-electron chi connectivity index (χ3n) is 4.11. The lowest BCUT2D eigenvalue weighted by molar-refractivity contribution is 0.101. The molecule has 1 fully saturated rings. The number of Topliss-reactive ketones (excluding diaryl/α,β-unsaturated/α-hetero) is 1. The minimum atomic E-state index is -0.608. The highest BCUT2D eigenvalue weighted by Crippen LogP contribution is 2.40. The number of ketones is 1. The molecule has 1 saturated carbocycles. The molecule has 1 aromatic carbocycles. The van der Waals surface area contributed by atoms with E-state index < -0.39 is 6.10 Å². The highest BCUT2D eigenvalue weighted by atomic mass is 32.2. The topological polar surface area (TPSA) is 77.2 Å². The van der Waals surface area contributed by atoms with E-state index in [4.69, 9.17) is 4.74 Å². The molecule has 0 spiro atoms. The second kappa shape index (κ2) is 8.01. The number of ether oxygens (including phenoxy) is 1. The Bertz CT molecular complexity index is 726. The van der Waals surface area contributed by atoms with Crippen LogP contribution >= 0.6 is 11.8 Å². The van der Waals surface area contributed by atoms with E-state index in [1.165, 1.54) is 31.5 Å². The van der Waals surface area contributed by atoms with Gasteiger partial charge in [0.05, 0.1) is 6.10 Å². The molecule has 0 aliphatic heterocycles. The number of aliphatic hydroxyl groups excluding tert-OH is 1. The highest BCUT2D eigenvalue weighted by molar-refractivity contribution is 7.99. The Labute approximate surface area is 151 Å². The normalized spacial score (nSPS) is 15.2. The Morgan fingerprint density at radius 1 is 1.36 bits per heavy atom. The van der Waals surface area contributed by atoms with Crippen LogP contribution in [0.1, 0.15) is 48.8 Å². The summed E-state index contributed by atoms with van der Waals surface area (Å²) >= 11 is 1.50. The summed E-state index contributed by atoms with van der Waals surface area (Å²) in [6.07, 6.45) is 1.78. The molecule has 25 heavy (non-hydrogen) atoms. The second-order valence-corrected chi connectivity index (χ2v) is 7.20. The average molecular weight is 361 g/mol. The lowest BCUT2D eigenvalue weighted by Crippen LogP contribution is -2.20. The minimum absolute atomic E-state index is 0.0218. The van der Waals surface area contributed by atoms with Crippen molar-refractivity contribution in [3.05, 3.63) is 35.7 Å². The molecular formula is C18H23N3O3S. The lowest BCUT2D eigenvalue weighted by atomic mass is 10.1. The molecule has 0 bridgehead atoms. The summed E-state index contributed by atoms with van der Waals surface area (Å²) in [5.74, 6) is 2.79. The van der Waals surface area contributed by atoms with Gasteiger partial charge in [0.15, 0.2) is 10.9 Å². The molecule has 0 amide bonds. The molecular weight excluding hydrogens is 338 g/mol. The van der Waals surface area contributed by atoms with Crippen LogP contribution in [0.4, 0.5) is 0 Å². The van der Waals surface area contributed by atoms with Crippen molar-refractivity contribution in [3.8, 4) is 5.75 Å². The van der Waals surface area contributed by atoms with Crippen LogP contribution in [0.2, 0.25) is 0 Å². The quantitative estimate of drug-likeness (QED) is 0.547. The molecule has 1 atom stereocenters. The fourth-order valence-electron chi connectivity index (χ4n) is 2.54. The molecule has 134 valence electrons. The van der Waals surface area contributed by atoms with E-state index in [1.807, 2.05) is 0 Å². The maximum absolute atomic E-state index is 11.2. The molecule has 2 aromatic rings. The molecule has 1 heterocycles. The first-order chi connectivity index (χ1) is 12.1. The summed E-state index contributed by atoms with van der Waals surface area (Å²) in [6, 6.07) is 6.93. The highest BCUT2D eigenvalue weighted by Gasteiger charge is 2.30. The third kappa shape index (κ3) is 4.61. The molecule has 1 N–H and O–H groups in total. The van der Waals surface area contributed by atoms with Crippen molar-refractivity contribution in [2.24, 2.45) is 0 Å². The van der Waals surface area contributed by atoms with Gasteiger partial charge in [-0.25, -0.2) is 0 Å². The van der Waals surface area contributed by atoms with Gasteiger partial charge in [-0.15, -0.1) is 10.2 Å². The van der Waals surface area contributed by atoms with Crippen LogP contribution in [-0.4, -0.2) is 44.1 Å². The standard InChI is InChI=1S/C18H23N3O3S/c1-3-21-17(14-4-5-14)19-20-18(21)25-11-15(23)10-24-16-8-6-13(7-9-16)12(2)22/h6-9,14-15,23H,3-5,10-11H2,1-2H3. The van der Waals surface area contributed by atoms with Gasteiger partial charge in [-0.1, -0.05) is 11.8 Å². The predicted octanol–water partition coefficient (Wildman–Crippen LogP) is 2.91. The molecule has 1 aromatic heterocycles. The van der Waals surface area contributed by atoms with E-state index in [0.717, 1.165) is 17.5 Å². The smallest absolute Gasteiger partial charge is 0.191 e. The Morgan fingerprint density at radius 2 is 2.08 bits per heavy atom. The van der Waals surface area contributed by atoms with Gasteiger partial charge in [0.1, 0.15) is 18.2 Å². The number of hydrogen-bond acceptors (Lipinski definition) is 6. The first-order valence-electron chi connectivity index (χ1n) is 8.56. The number of rotatable bonds is 9. The van der Waals surface area contributed by atoms with E-state index in [9.17, 15) is 9.90 Å². The van der Waals surface area contributed by atoms with E-state index in [0.29, 0.717) is 23.0 Å². The van der Waals surface area contributed by atoms with Crippen molar-refractivity contribution in [1.82, 2.24) is 14.8 Å². The third-order valence-corrected chi connectivity index (χ3v) is 5.22. The molecule has 1 unspecified atom stereocenters. The summed E-state index contributed by atoms with van der Waals surface area (Å²) < 4.78 is 7.72. The predicted molar refractivity (Wildman–Crippen MR) is 96.3 cm³/mol. The van der Waals surface area contributed by atoms with Crippen LogP contribution in [0.25, 0.3) is 0 Å². The summed E-state index contributed by atoms with van der Waals surface area (Å²) in [7, 11) is 0. The number of carbonyl (C=O) groups excluding carboxylic acids is 1. The Kier molecular flexibility index (Phi) is 5.75. The van der Waals surface area contributed by atoms with E-state index in [1.54, 1.807) is 24.3 Å². The number of hydrogen-bond donors (Lipinski definition) is 1. The van der Waals surface area contributed by atoms with Crippen molar-refractivity contribution in [3.63, 3.8) is 0 Å². The molecule has 7 heteroatoms. The summed E-state index contributed by atoms with van der Waals surface area (Å²) in [4.78, 5) is 11.2. The maximum Gasteiger partial charge on any atom is 0.191 e. The zero-order valence-electron chi connectivity index (χ0n) is 14.5. The fourth-order valence-corrected chi connectivity index (χ4v) is 3.46. The van der Waals surface area contributed by atoms with Gasteiger partial charge in [-0.3, -0.25) is 4.79 Å². The Balaban J connectivity index is 1.48. The van der Waals surface area contributed by atoms with Crippen molar-refractivity contribution < 1.29 is 14.6 Å². The van der Waals surface area contributed by atoms with Gasteiger partial charge >= 0.3 is 0 Å². The number of aliphatic hydroxyl groups is 1. The zero-order chi connectivity index (χ0) is 17.8. The van der Waals surface area contributed by atoms with Crippen LogP contribution < -0.4 is 4.74 Å². The lowest BCUT2D eigenvalue weighted by Gasteiger charge is -2.12. The maximum atomic E-state index is 11.2. The number of carbonyl (C=O) groups is 1. The molecule has 1 aliphatic carbocycles. The van der Waals surface area contributed by atoms with Gasteiger partial charge in [0.25, 0.3) is 0 Å². The average Bonchev–Trinajstić information content (AvgIpc) is 3.38. The Morgan fingerprint density at radius 3 is 2.68 bits per heavy atom. The SMILES string of the molecule is CCn1c(SCC(O)COc2ccc(C(C)=O)cc2)nnc1C1CC1. The van der Waals surface area contributed by atoms with Gasteiger partial charge in [0.2, 0.25) is 0 Å². The van der Waals surface area contributed by atoms with E-state index in [-0.39, 0.29) is 12.4 Å². The minimum Gasteiger partial charge on any atom is -0.491 e. The molecule has 3 rings (SSSR count). The van der Waals surface area contributed by atoms with Crippen LogP contribution in [0.5, 0.6) is 5.75 Å². The molecule has 0 saturated heterocycles. The summed E-state index contributed by atoms with van der Waals surface area (Å²) in [5.41, 5.74) is 0.647. The van der Waals surface area contributed by atoms with Crippen LogP contribution in [0, 0.1) is 0 Å². The number of aromatic nitrogens is 3. The fraction of sp³-hybridized carbons (Fsp3) is 0.500. The van der Waals surface area contributed by atoms with Crippen LogP contribution in [0.3, 0.4) is 0 Å². The van der Waals surface area contributed by atoms with E-state index in [2.05, 4.69) is 21.7 Å². The monoisotopic (exact) mass is 361 g/mol. The van der Waals surface area contributed by atoms with E-state index >= 15 is 0 Å². The van der Waals surface area contributed by atoms with Crippen molar-refractivity contribution in [2.45, 2.75) is 50.4 Å². The molecule has 0 radical (unpaired) electrons. The zero-order valence-corrected chi connectivity index (χ0v) is 15.3. The number of benzene rings is 1. The van der Waals surface area contributed by atoms with Crippen molar-refractivity contribution >= 4 is 17.5 Å². The van der Waals surface area contributed by atoms with Crippen molar-refractivity contribution in [2.75, 3.05) is 12.4 Å². The second-order valence-electron chi connectivity index (χ2n) is 6.22. The largest absolute Gasteiger partial charge is 0.491 e. The molecule has 6 nitrogen and oxygen atoms in total. The van der Waals surface area contributed by atoms with Crippen molar-refractivity contribution in [1.29, 1.82) is 0 Å². The number of thioether (sulfide) groups is 1. The van der Waals surface area contributed by atoms with Gasteiger partial charge in [-0.05, 0) is 51.0 Å².